The molecule has 46 heavy (non-hydrogen) atoms. The van der Waals surface area contributed by atoms with Gasteiger partial charge in [0.15, 0.2) is 17.5 Å². The van der Waals surface area contributed by atoms with Gasteiger partial charge in [0.25, 0.3) is 0 Å². The molecule has 8 aromatic rings. The number of nitrogens with zero attached hydrogens (tertiary/aromatic N) is 5. The van der Waals surface area contributed by atoms with Gasteiger partial charge in [-0.25, -0.2) is 15.0 Å². The third-order valence-corrected chi connectivity index (χ3v) is 8.04. The zero-order chi connectivity index (χ0) is 30.7. The standard InChI is InChI=1S/C41H27N5/c1-3-9-28(10-4-1)29-14-16-31(17-15-29)40-44-39(30-11-5-2-6-12-30)45-41(46-40)35-21-20-32-25-34(19-18-33(32)26-35)36-22-23-38(43-27-36)37-13-7-8-24-42-37/h1-27H. The number of rotatable bonds is 6. The van der Waals surface area contributed by atoms with Gasteiger partial charge >= 0.3 is 0 Å². The van der Waals surface area contributed by atoms with E-state index in [1.165, 1.54) is 5.56 Å². The summed E-state index contributed by atoms with van der Waals surface area (Å²) in [6.07, 6.45) is 3.69. The van der Waals surface area contributed by atoms with E-state index in [0.29, 0.717) is 17.5 Å². The van der Waals surface area contributed by atoms with Crippen LogP contribution < -0.4 is 0 Å². The molecule has 0 saturated carbocycles. The first-order valence-electron chi connectivity index (χ1n) is 15.2. The highest BCUT2D eigenvalue weighted by atomic mass is 15.0. The van der Waals surface area contributed by atoms with Gasteiger partial charge in [-0.2, -0.15) is 0 Å². The zero-order valence-corrected chi connectivity index (χ0v) is 24.8. The lowest BCUT2D eigenvalue weighted by atomic mass is 10.0. The molecule has 5 aromatic carbocycles. The van der Waals surface area contributed by atoms with Gasteiger partial charge < -0.3 is 0 Å². The number of aromatic nitrogens is 5. The number of pyridine rings is 2. The fourth-order valence-electron chi connectivity index (χ4n) is 5.59. The molecule has 3 heterocycles. The Bertz CT molecular complexity index is 2270. The number of hydrogen-bond donors (Lipinski definition) is 0. The molecule has 0 spiro atoms. The van der Waals surface area contributed by atoms with Crippen molar-refractivity contribution in [2.24, 2.45) is 0 Å². The summed E-state index contributed by atoms with van der Waals surface area (Å²) in [5.41, 5.74) is 9.02. The Hall–Kier alpha value is -6.33. The minimum Gasteiger partial charge on any atom is -0.255 e. The van der Waals surface area contributed by atoms with E-state index in [1.807, 2.05) is 66.9 Å². The molecule has 0 aliphatic carbocycles. The first kappa shape index (κ1) is 27.2. The molecule has 216 valence electrons. The van der Waals surface area contributed by atoms with Crippen molar-refractivity contribution in [3.63, 3.8) is 0 Å². The van der Waals surface area contributed by atoms with Gasteiger partial charge in [0.2, 0.25) is 0 Å². The molecular weight excluding hydrogens is 562 g/mol. The van der Waals surface area contributed by atoms with Gasteiger partial charge in [-0.15, -0.1) is 0 Å². The summed E-state index contributed by atoms with van der Waals surface area (Å²) in [5.74, 6) is 1.92. The lowest BCUT2D eigenvalue weighted by Gasteiger charge is -2.10. The van der Waals surface area contributed by atoms with E-state index in [2.05, 4.69) is 101 Å². The predicted molar refractivity (Wildman–Crippen MR) is 186 cm³/mol. The van der Waals surface area contributed by atoms with Gasteiger partial charge in [-0.3, -0.25) is 9.97 Å². The molecule has 0 atom stereocenters. The van der Waals surface area contributed by atoms with E-state index in [-0.39, 0.29) is 0 Å². The molecule has 5 heteroatoms. The molecule has 0 saturated heterocycles. The van der Waals surface area contributed by atoms with Crippen LogP contribution in [0.2, 0.25) is 0 Å². The lowest BCUT2D eigenvalue weighted by molar-refractivity contribution is 1.07. The monoisotopic (exact) mass is 589 g/mol. The van der Waals surface area contributed by atoms with Crippen molar-refractivity contribution in [2.75, 3.05) is 0 Å². The van der Waals surface area contributed by atoms with Crippen LogP contribution in [0.5, 0.6) is 0 Å². The molecule has 8 rings (SSSR count). The Labute approximate surface area is 267 Å². The second-order valence-corrected chi connectivity index (χ2v) is 11.0. The molecule has 0 bridgehead atoms. The minimum absolute atomic E-state index is 0.635. The van der Waals surface area contributed by atoms with Crippen LogP contribution in [0.1, 0.15) is 0 Å². The third-order valence-electron chi connectivity index (χ3n) is 8.04. The quantitative estimate of drug-likeness (QED) is 0.193. The molecule has 0 N–H and O–H groups in total. The Morgan fingerprint density at radius 3 is 1.41 bits per heavy atom. The highest BCUT2D eigenvalue weighted by Crippen LogP contribution is 2.31. The van der Waals surface area contributed by atoms with Gasteiger partial charge in [-0.1, -0.05) is 121 Å². The van der Waals surface area contributed by atoms with Crippen molar-refractivity contribution in [2.45, 2.75) is 0 Å². The molecule has 0 aliphatic rings. The summed E-state index contributed by atoms with van der Waals surface area (Å²) in [6.45, 7) is 0. The highest BCUT2D eigenvalue weighted by molar-refractivity contribution is 5.90. The minimum atomic E-state index is 0.635. The van der Waals surface area contributed by atoms with E-state index in [0.717, 1.165) is 55.5 Å². The zero-order valence-electron chi connectivity index (χ0n) is 24.8. The van der Waals surface area contributed by atoms with Crippen LogP contribution in [0, 0.1) is 0 Å². The Kier molecular flexibility index (Phi) is 7.09. The summed E-state index contributed by atoms with van der Waals surface area (Å²) in [5, 5.41) is 2.24. The van der Waals surface area contributed by atoms with Crippen molar-refractivity contribution >= 4 is 10.8 Å². The van der Waals surface area contributed by atoms with Crippen LogP contribution in [-0.2, 0) is 0 Å². The SMILES string of the molecule is c1ccc(-c2ccc(-c3nc(-c4ccccc4)nc(-c4ccc5cc(-c6ccc(-c7ccccn7)nc6)ccc5c4)n3)cc2)cc1. The maximum atomic E-state index is 4.97. The highest BCUT2D eigenvalue weighted by Gasteiger charge is 2.13. The van der Waals surface area contributed by atoms with E-state index >= 15 is 0 Å². The summed E-state index contributed by atoms with van der Waals surface area (Å²) < 4.78 is 0. The average Bonchev–Trinajstić information content (AvgIpc) is 3.15. The van der Waals surface area contributed by atoms with Crippen molar-refractivity contribution < 1.29 is 0 Å². The molecule has 0 amide bonds. The average molecular weight is 590 g/mol. The molecule has 0 fully saturated rings. The second kappa shape index (κ2) is 12.0. The number of fused-ring (bicyclic) bond motifs is 1. The van der Waals surface area contributed by atoms with Crippen molar-refractivity contribution in [1.29, 1.82) is 0 Å². The fraction of sp³-hybridized carbons (Fsp3) is 0. The number of benzene rings is 5. The van der Waals surface area contributed by atoms with Gasteiger partial charge in [0, 0.05) is 34.6 Å². The van der Waals surface area contributed by atoms with Crippen molar-refractivity contribution in [1.82, 2.24) is 24.9 Å². The van der Waals surface area contributed by atoms with E-state index in [1.54, 1.807) is 6.20 Å². The normalized spacial score (nSPS) is 11.0. The first-order valence-corrected chi connectivity index (χ1v) is 15.2. The van der Waals surface area contributed by atoms with E-state index < -0.39 is 0 Å². The lowest BCUT2D eigenvalue weighted by Crippen LogP contribution is -2.00. The second-order valence-electron chi connectivity index (χ2n) is 11.0. The van der Waals surface area contributed by atoms with Gasteiger partial charge in [0.05, 0.1) is 11.4 Å². The first-order chi connectivity index (χ1) is 22.8. The largest absolute Gasteiger partial charge is 0.255 e. The fourth-order valence-corrected chi connectivity index (χ4v) is 5.59. The number of hydrogen-bond acceptors (Lipinski definition) is 5. The predicted octanol–water partition coefficient (Wildman–Crippen LogP) is 9.82. The van der Waals surface area contributed by atoms with Crippen LogP contribution in [0.3, 0.4) is 0 Å². The topological polar surface area (TPSA) is 64.5 Å². The molecule has 3 aromatic heterocycles. The summed E-state index contributed by atoms with van der Waals surface area (Å²) in [7, 11) is 0. The molecular formula is C41H27N5. The van der Waals surface area contributed by atoms with Crippen LogP contribution in [0.15, 0.2) is 164 Å². The molecule has 5 nitrogen and oxygen atoms in total. The summed E-state index contributed by atoms with van der Waals surface area (Å²) in [6, 6.07) is 51.6. The van der Waals surface area contributed by atoms with Gasteiger partial charge in [-0.05, 0) is 57.8 Å². The van der Waals surface area contributed by atoms with Crippen LogP contribution in [-0.4, -0.2) is 24.9 Å². The van der Waals surface area contributed by atoms with Crippen LogP contribution in [0.4, 0.5) is 0 Å². The maximum Gasteiger partial charge on any atom is 0.164 e. The smallest absolute Gasteiger partial charge is 0.164 e. The molecule has 0 aliphatic heterocycles. The van der Waals surface area contributed by atoms with E-state index in [4.69, 9.17) is 15.0 Å². The Morgan fingerprint density at radius 2 is 0.783 bits per heavy atom. The molecule has 0 radical (unpaired) electrons. The van der Waals surface area contributed by atoms with Gasteiger partial charge in [0.1, 0.15) is 0 Å². The van der Waals surface area contributed by atoms with Crippen LogP contribution in [0.25, 0.3) is 78.6 Å². The molecule has 0 unspecified atom stereocenters. The van der Waals surface area contributed by atoms with Crippen molar-refractivity contribution in [3.05, 3.63) is 164 Å². The van der Waals surface area contributed by atoms with E-state index in [9.17, 15) is 0 Å². The maximum absolute atomic E-state index is 4.97. The third kappa shape index (κ3) is 5.53. The Balaban J connectivity index is 1.14. The van der Waals surface area contributed by atoms with Crippen molar-refractivity contribution in [3.8, 4) is 67.8 Å². The van der Waals surface area contributed by atoms with Crippen LogP contribution >= 0.6 is 0 Å². The summed E-state index contributed by atoms with van der Waals surface area (Å²) >= 11 is 0. The Morgan fingerprint density at radius 1 is 0.304 bits per heavy atom. The summed E-state index contributed by atoms with van der Waals surface area (Å²) in [4.78, 5) is 23.9.